The first-order valence-corrected chi connectivity index (χ1v) is 6.23. The van der Waals surface area contributed by atoms with Gasteiger partial charge in [0.25, 0.3) is 0 Å². The van der Waals surface area contributed by atoms with E-state index >= 15 is 0 Å². The summed E-state index contributed by atoms with van der Waals surface area (Å²) in [4.78, 5) is 21.9. The third kappa shape index (κ3) is 5.96. The molecule has 0 fully saturated rings. The van der Waals surface area contributed by atoms with Gasteiger partial charge in [0.2, 0.25) is 11.0 Å². The van der Waals surface area contributed by atoms with E-state index in [-0.39, 0.29) is 18.2 Å². The molecule has 1 amide bonds. The Morgan fingerprint density at radius 1 is 1.59 bits per heavy atom. The lowest BCUT2D eigenvalue weighted by Gasteiger charge is -2.07. The molecule has 7 heteroatoms. The minimum Gasteiger partial charge on any atom is -0.481 e. The van der Waals surface area contributed by atoms with E-state index in [0.717, 1.165) is 6.42 Å². The lowest BCUT2D eigenvalue weighted by Crippen LogP contribution is -2.12. The number of carbonyl (C=O) groups is 2. The van der Waals surface area contributed by atoms with Crippen molar-refractivity contribution >= 4 is 28.3 Å². The van der Waals surface area contributed by atoms with Crippen LogP contribution in [0.25, 0.3) is 0 Å². The Morgan fingerprint density at radius 3 is 2.94 bits per heavy atom. The minimum absolute atomic E-state index is 0.0989. The van der Waals surface area contributed by atoms with Crippen LogP contribution in [0.2, 0.25) is 0 Å². The third-order valence-corrected chi connectivity index (χ3v) is 2.84. The Morgan fingerprint density at radius 2 is 2.35 bits per heavy atom. The van der Waals surface area contributed by atoms with Gasteiger partial charge in [-0.3, -0.25) is 9.59 Å². The van der Waals surface area contributed by atoms with E-state index in [0.29, 0.717) is 18.0 Å². The number of rotatable bonds is 7. The summed E-state index contributed by atoms with van der Waals surface area (Å²) in [6.45, 7) is 1.87. The summed E-state index contributed by atoms with van der Waals surface area (Å²) in [5.74, 6) is -0.804. The highest BCUT2D eigenvalue weighted by atomic mass is 32.1. The van der Waals surface area contributed by atoms with Crippen molar-refractivity contribution in [3.8, 4) is 0 Å². The highest BCUT2D eigenvalue weighted by Crippen LogP contribution is 2.13. The van der Waals surface area contributed by atoms with Crippen molar-refractivity contribution in [3.63, 3.8) is 0 Å². The first kappa shape index (κ1) is 13.6. The molecule has 0 saturated heterocycles. The summed E-state index contributed by atoms with van der Waals surface area (Å²) in [7, 11) is 0. The number of carbonyl (C=O) groups excluding carboxylic acids is 1. The van der Waals surface area contributed by atoms with Crippen LogP contribution in [0, 0.1) is 5.92 Å². The molecule has 2 N–H and O–H groups in total. The van der Waals surface area contributed by atoms with Crippen molar-refractivity contribution in [3.05, 3.63) is 5.51 Å². The van der Waals surface area contributed by atoms with E-state index in [1.165, 1.54) is 11.3 Å². The number of nitrogens with one attached hydrogen (secondary N) is 1. The number of anilines is 1. The SMILES string of the molecule is CC(CCCC(=O)Nc1nncs1)CC(=O)O. The lowest BCUT2D eigenvalue weighted by atomic mass is 10.0. The first-order valence-electron chi connectivity index (χ1n) is 5.35. The van der Waals surface area contributed by atoms with Crippen molar-refractivity contribution in [1.29, 1.82) is 0 Å². The van der Waals surface area contributed by atoms with Crippen LogP contribution in [0.15, 0.2) is 5.51 Å². The number of nitrogens with zero attached hydrogens (tertiary/aromatic N) is 2. The van der Waals surface area contributed by atoms with Gasteiger partial charge in [0.15, 0.2) is 0 Å². The molecular weight excluding hydrogens is 242 g/mol. The fourth-order valence-electron chi connectivity index (χ4n) is 1.42. The summed E-state index contributed by atoms with van der Waals surface area (Å²) in [5, 5.41) is 19.0. The number of aromatic nitrogens is 2. The van der Waals surface area contributed by atoms with Crippen molar-refractivity contribution in [2.75, 3.05) is 5.32 Å². The molecule has 1 aromatic rings. The molecule has 1 heterocycles. The van der Waals surface area contributed by atoms with Gasteiger partial charge in [0.05, 0.1) is 0 Å². The van der Waals surface area contributed by atoms with E-state index in [9.17, 15) is 9.59 Å². The molecule has 0 bridgehead atoms. The predicted octanol–water partition coefficient (Wildman–Crippen LogP) is 1.76. The summed E-state index contributed by atoms with van der Waals surface area (Å²) < 4.78 is 0. The Hall–Kier alpha value is -1.50. The van der Waals surface area contributed by atoms with Crippen molar-refractivity contribution in [2.45, 2.75) is 32.6 Å². The molecule has 94 valence electrons. The molecule has 1 aromatic heterocycles. The molecule has 1 rings (SSSR count). The van der Waals surface area contributed by atoms with Crippen LogP contribution in [0.3, 0.4) is 0 Å². The molecule has 0 aliphatic rings. The number of amides is 1. The number of hydrogen-bond donors (Lipinski definition) is 2. The Balaban J connectivity index is 2.14. The van der Waals surface area contributed by atoms with Crippen LogP contribution in [-0.2, 0) is 9.59 Å². The molecule has 17 heavy (non-hydrogen) atoms. The fraction of sp³-hybridized carbons (Fsp3) is 0.600. The molecule has 0 radical (unpaired) electrons. The predicted molar refractivity (Wildman–Crippen MR) is 63.8 cm³/mol. The first-order chi connectivity index (χ1) is 8.08. The fourth-order valence-corrected chi connectivity index (χ4v) is 1.88. The maximum Gasteiger partial charge on any atom is 0.303 e. The molecular formula is C10H15N3O3S. The molecule has 0 saturated carbocycles. The molecule has 6 nitrogen and oxygen atoms in total. The second kappa shape index (κ2) is 6.95. The maximum atomic E-state index is 11.4. The zero-order valence-corrected chi connectivity index (χ0v) is 10.4. The molecule has 0 spiro atoms. The van der Waals surface area contributed by atoms with Gasteiger partial charge in [-0.1, -0.05) is 18.3 Å². The second-order valence-electron chi connectivity index (χ2n) is 3.89. The van der Waals surface area contributed by atoms with Crippen LogP contribution in [-0.4, -0.2) is 27.2 Å². The molecule has 0 aromatic carbocycles. The van der Waals surface area contributed by atoms with Crippen LogP contribution in [0.1, 0.15) is 32.6 Å². The van der Waals surface area contributed by atoms with Crippen molar-refractivity contribution < 1.29 is 14.7 Å². The van der Waals surface area contributed by atoms with Crippen LogP contribution >= 0.6 is 11.3 Å². The molecule has 1 unspecified atom stereocenters. The van der Waals surface area contributed by atoms with Gasteiger partial charge < -0.3 is 10.4 Å². The van der Waals surface area contributed by atoms with Gasteiger partial charge in [-0.25, -0.2) is 0 Å². The van der Waals surface area contributed by atoms with Gasteiger partial charge in [-0.15, -0.1) is 10.2 Å². The number of carboxylic acids is 1. The highest BCUT2D eigenvalue weighted by molar-refractivity contribution is 7.13. The number of hydrogen-bond acceptors (Lipinski definition) is 5. The average Bonchev–Trinajstić information content (AvgIpc) is 2.69. The smallest absolute Gasteiger partial charge is 0.303 e. The number of carboxylic acid groups (broad SMARTS) is 1. The van der Waals surface area contributed by atoms with E-state index in [1.54, 1.807) is 5.51 Å². The highest BCUT2D eigenvalue weighted by Gasteiger charge is 2.09. The molecule has 0 aliphatic carbocycles. The van der Waals surface area contributed by atoms with Crippen molar-refractivity contribution in [1.82, 2.24) is 10.2 Å². The maximum absolute atomic E-state index is 11.4. The van der Waals surface area contributed by atoms with Crippen LogP contribution in [0.5, 0.6) is 0 Å². The number of aliphatic carboxylic acids is 1. The largest absolute Gasteiger partial charge is 0.481 e. The monoisotopic (exact) mass is 257 g/mol. The van der Waals surface area contributed by atoms with Gasteiger partial charge in [-0.05, 0) is 18.8 Å². The Kier molecular flexibility index (Phi) is 5.55. The molecule has 0 aliphatic heterocycles. The third-order valence-electron chi connectivity index (χ3n) is 2.23. The second-order valence-corrected chi connectivity index (χ2v) is 4.72. The van der Waals surface area contributed by atoms with Crippen molar-refractivity contribution in [2.24, 2.45) is 5.92 Å². The van der Waals surface area contributed by atoms with E-state index in [1.807, 2.05) is 6.92 Å². The van der Waals surface area contributed by atoms with Crippen LogP contribution < -0.4 is 5.32 Å². The Labute approximate surface area is 103 Å². The summed E-state index contributed by atoms with van der Waals surface area (Å²) >= 11 is 1.27. The summed E-state index contributed by atoms with van der Waals surface area (Å²) in [6, 6.07) is 0. The average molecular weight is 257 g/mol. The standard InChI is InChI=1S/C10H15N3O3S/c1-7(5-9(15)16)3-2-4-8(14)12-10-13-11-6-17-10/h6-7H,2-5H2,1H3,(H,15,16)(H,12,13,14). The lowest BCUT2D eigenvalue weighted by molar-refractivity contribution is -0.138. The summed E-state index contributed by atoms with van der Waals surface area (Å²) in [6.07, 6.45) is 1.94. The van der Waals surface area contributed by atoms with E-state index < -0.39 is 5.97 Å². The normalized spacial score (nSPS) is 12.1. The minimum atomic E-state index is -0.796. The topological polar surface area (TPSA) is 92.2 Å². The van der Waals surface area contributed by atoms with Crippen LogP contribution in [0.4, 0.5) is 5.13 Å². The Bertz CT molecular complexity index is 367. The summed E-state index contributed by atoms with van der Waals surface area (Å²) in [5.41, 5.74) is 1.55. The van der Waals surface area contributed by atoms with E-state index in [4.69, 9.17) is 5.11 Å². The van der Waals surface area contributed by atoms with Gasteiger partial charge in [-0.2, -0.15) is 0 Å². The molecule has 1 atom stereocenters. The van der Waals surface area contributed by atoms with Gasteiger partial charge in [0, 0.05) is 12.8 Å². The van der Waals surface area contributed by atoms with E-state index in [2.05, 4.69) is 15.5 Å². The quantitative estimate of drug-likeness (QED) is 0.776. The zero-order valence-electron chi connectivity index (χ0n) is 9.55. The van der Waals surface area contributed by atoms with Gasteiger partial charge >= 0.3 is 5.97 Å². The van der Waals surface area contributed by atoms with Gasteiger partial charge in [0.1, 0.15) is 5.51 Å². The zero-order chi connectivity index (χ0) is 12.7.